The molecule has 128 valence electrons. The van der Waals surface area contributed by atoms with Crippen LogP contribution in [0.3, 0.4) is 0 Å². The summed E-state index contributed by atoms with van der Waals surface area (Å²) in [6, 6.07) is 7.53. The minimum absolute atomic E-state index is 0.235. The normalized spacial score (nSPS) is 11.1. The summed E-state index contributed by atoms with van der Waals surface area (Å²) in [6.45, 7) is 0. The predicted molar refractivity (Wildman–Crippen MR) is 88.8 cm³/mol. The first-order chi connectivity index (χ1) is 12.2. The summed E-state index contributed by atoms with van der Waals surface area (Å²) >= 11 is 1.34. The number of thioether (sulfide) groups is 1. The summed E-state index contributed by atoms with van der Waals surface area (Å²) in [6.07, 6.45) is 4.71. The van der Waals surface area contributed by atoms with Crippen molar-refractivity contribution >= 4 is 23.9 Å². The Hall–Kier alpha value is -3.01. The van der Waals surface area contributed by atoms with Crippen LogP contribution in [-0.4, -0.2) is 43.9 Å². The van der Waals surface area contributed by atoms with Gasteiger partial charge in [0.25, 0.3) is 0 Å². The van der Waals surface area contributed by atoms with Gasteiger partial charge in [0.15, 0.2) is 5.69 Å². The lowest BCUT2D eigenvalue weighted by molar-refractivity contribution is 0.0593. The van der Waals surface area contributed by atoms with E-state index in [0.717, 1.165) is 5.56 Å². The zero-order valence-corrected chi connectivity index (χ0v) is 13.9. The Bertz CT molecular complexity index is 890. The number of halogens is 1. The van der Waals surface area contributed by atoms with E-state index in [9.17, 15) is 9.18 Å². The van der Waals surface area contributed by atoms with Crippen molar-refractivity contribution in [3.8, 4) is 0 Å². The van der Waals surface area contributed by atoms with E-state index >= 15 is 0 Å². The Balaban J connectivity index is 1.64. The number of hydrogen-bond acceptors (Lipinski definition) is 7. The third-order valence-electron chi connectivity index (χ3n) is 3.06. The molecule has 0 aliphatic rings. The summed E-state index contributed by atoms with van der Waals surface area (Å²) in [5.41, 5.74) is 0.986. The number of benzene rings is 1. The lowest BCUT2D eigenvalue weighted by atomic mass is 10.2. The van der Waals surface area contributed by atoms with Gasteiger partial charge in [-0.2, -0.15) is 14.9 Å². The van der Waals surface area contributed by atoms with Crippen molar-refractivity contribution in [3.63, 3.8) is 0 Å². The van der Waals surface area contributed by atoms with Gasteiger partial charge in [-0.1, -0.05) is 23.9 Å². The SMILES string of the molecule is COC(=O)c1ccn(CSc2nncn2/N=C\c2ccc(F)cc2)n1. The second-order valence-corrected chi connectivity index (χ2v) is 5.67. The standard InChI is InChI=1S/C15H13FN6O2S/c1-24-14(23)13-6-7-21(20-13)10-25-15-19-17-9-22(15)18-8-11-2-4-12(16)5-3-11/h2-9H,10H2,1H3/b18-8-. The fourth-order valence-corrected chi connectivity index (χ4v) is 2.57. The van der Waals surface area contributed by atoms with Gasteiger partial charge in [-0.15, -0.1) is 10.2 Å². The molecule has 3 aromatic rings. The van der Waals surface area contributed by atoms with Crippen LogP contribution in [0.25, 0.3) is 0 Å². The number of carbonyl (C=O) groups excluding carboxylic acids is 1. The van der Waals surface area contributed by atoms with Crippen LogP contribution in [0.1, 0.15) is 16.1 Å². The van der Waals surface area contributed by atoms with Gasteiger partial charge < -0.3 is 4.74 Å². The predicted octanol–water partition coefficient (Wildman–Crippen LogP) is 2.03. The number of ether oxygens (including phenoxy) is 1. The van der Waals surface area contributed by atoms with Crippen molar-refractivity contribution in [2.75, 3.05) is 7.11 Å². The van der Waals surface area contributed by atoms with E-state index in [1.54, 1.807) is 35.3 Å². The molecule has 0 saturated carbocycles. The highest BCUT2D eigenvalue weighted by molar-refractivity contribution is 7.98. The average molecular weight is 360 g/mol. The van der Waals surface area contributed by atoms with Crippen LogP contribution in [0.2, 0.25) is 0 Å². The van der Waals surface area contributed by atoms with E-state index in [0.29, 0.717) is 11.0 Å². The van der Waals surface area contributed by atoms with Gasteiger partial charge in [0, 0.05) is 6.20 Å². The lowest BCUT2D eigenvalue weighted by Gasteiger charge is -2.01. The Morgan fingerprint density at radius 1 is 1.36 bits per heavy atom. The van der Waals surface area contributed by atoms with Gasteiger partial charge in [0.2, 0.25) is 5.16 Å². The number of hydrogen-bond donors (Lipinski definition) is 0. The van der Waals surface area contributed by atoms with Gasteiger partial charge in [0.05, 0.1) is 19.2 Å². The monoisotopic (exact) mass is 360 g/mol. The summed E-state index contributed by atoms with van der Waals surface area (Å²) in [5, 5.41) is 16.7. The maximum atomic E-state index is 12.9. The molecule has 0 radical (unpaired) electrons. The summed E-state index contributed by atoms with van der Waals surface area (Å²) in [5.74, 6) is -0.374. The zero-order valence-electron chi connectivity index (χ0n) is 13.1. The minimum Gasteiger partial charge on any atom is -0.464 e. The van der Waals surface area contributed by atoms with Gasteiger partial charge in [0.1, 0.15) is 12.1 Å². The van der Waals surface area contributed by atoms with Crippen LogP contribution < -0.4 is 0 Å². The maximum Gasteiger partial charge on any atom is 0.358 e. The van der Waals surface area contributed by atoms with Crippen molar-refractivity contribution < 1.29 is 13.9 Å². The first kappa shape index (κ1) is 16.8. The molecule has 25 heavy (non-hydrogen) atoms. The molecule has 10 heteroatoms. The first-order valence-electron chi connectivity index (χ1n) is 7.10. The van der Waals surface area contributed by atoms with Crippen molar-refractivity contribution in [3.05, 3.63) is 59.9 Å². The molecule has 0 fully saturated rings. The molecule has 1 aromatic carbocycles. The van der Waals surface area contributed by atoms with Crippen molar-refractivity contribution in [2.45, 2.75) is 11.0 Å². The van der Waals surface area contributed by atoms with E-state index in [1.807, 2.05) is 0 Å². The molecule has 0 N–H and O–H groups in total. The molecule has 0 amide bonds. The summed E-state index contributed by atoms with van der Waals surface area (Å²) in [7, 11) is 1.30. The van der Waals surface area contributed by atoms with Gasteiger partial charge in [-0.3, -0.25) is 4.68 Å². The first-order valence-corrected chi connectivity index (χ1v) is 8.09. The van der Waals surface area contributed by atoms with Crippen LogP contribution in [0, 0.1) is 5.82 Å². The Labute approximate surface area is 146 Å². The van der Waals surface area contributed by atoms with E-state index in [1.165, 1.54) is 42.0 Å². The van der Waals surface area contributed by atoms with E-state index in [2.05, 4.69) is 25.1 Å². The number of methoxy groups -OCH3 is 1. The van der Waals surface area contributed by atoms with Gasteiger partial charge in [-0.05, 0) is 23.8 Å². The molecule has 0 saturated heterocycles. The van der Waals surface area contributed by atoms with Gasteiger partial charge in [-0.25, -0.2) is 9.18 Å². The largest absolute Gasteiger partial charge is 0.464 e. The van der Waals surface area contributed by atoms with Crippen molar-refractivity contribution in [1.29, 1.82) is 0 Å². The number of aromatic nitrogens is 5. The van der Waals surface area contributed by atoms with Crippen LogP contribution in [-0.2, 0) is 10.6 Å². The average Bonchev–Trinajstić information content (AvgIpc) is 3.28. The topological polar surface area (TPSA) is 87.2 Å². The highest BCUT2D eigenvalue weighted by Gasteiger charge is 2.10. The molecule has 0 aliphatic heterocycles. The van der Waals surface area contributed by atoms with Crippen LogP contribution in [0.15, 0.2) is 53.1 Å². The third-order valence-corrected chi connectivity index (χ3v) is 3.98. The highest BCUT2D eigenvalue weighted by atomic mass is 32.2. The van der Waals surface area contributed by atoms with E-state index in [-0.39, 0.29) is 11.5 Å². The number of rotatable bonds is 6. The Morgan fingerprint density at radius 2 is 2.16 bits per heavy atom. The second-order valence-electron chi connectivity index (χ2n) is 4.76. The maximum absolute atomic E-state index is 12.9. The molecule has 3 rings (SSSR count). The van der Waals surface area contributed by atoms with Crippen LogP contribution in [0.4, 0.5) is 4.39 Å². The Kier molecular flexibility index (Phi) is 5.19. The summed E-state index contributed by atoms with van der Waals surface area (Å²) < 4.78 is 20.6. The van der Waals surface area contributed by atoms with Gasteiger partial charge >= 0.3 is 5.97 Å². The van der Waals surface area contributed by atoms with Crippen LogP contribution >= 0.6 is 11.8 Å². The smallest absolute Gasteiger partial charge is 0.358 e. The molecule has 0 aliphatic carbocycles. The number of esters is 1. The third kappa shape index (κ3) is 4.29. The molecular weight excluding hydrogens is 347 g/mol. The molecule has 8 nitrogen and oxygen atoms in total. The van der Waals surface area contributed by atoms with Crippen molar-refractivity contribution in [2.24, 2.45) is 5.10 Å². The molecule has 0 unspecified atom stereocenters. The van der Waals surface area contributed by atoms with E-state index in [4.69, 9.17) is 0 Å². The zero-order chi connectivity index (χ0) is 17.6. The second kappa shape index (κ2) is 7.71. The lowest BCUT2D eigenvalue weighted by Crippen LogP contribution is -2.04. The summed E-state index contributed by atoms with van der Waals surface area (Å²) in [4.78, 5) is 11.4. The molecule has 2 heterocycles. The molecule has 0 bridgehead atoms. The molecule has 0 atom stereocenters. The molecular formula is C15H13FN6O2S. The van der Waals surface area contributed by atoms with Crippen LogP contribution in [0.5, 0.6) is 0 Å². The van der Waals surface area contributed by atoms with E-state index < -0.39 is 5.97 Å². The quantitative estimate of drug-likeness (QED) is 0.380. The molecule has 2 aromatic heterocycles. The van der Waals surface area contributed by atoms with Crippen molar-refractivity contribution in [1.82, 2.24) is 24.7 Å². The number of carbonyl (C=O) groups is 1. The highest BCUT2D eigenvalue weighted by Crippen LogP contribution is 2.17. The number of nitrogens with zero attached hydrogens (tertiary/aromatic N) is 6. The molecule has 0 spiro atoms. The fraction of sp³-hybridized carbons (Fsp3) is 0.133. The minimum atomic E-state index is -0.490. The fourth-order valence-electron chi connectivity index (χ4n) is 1.84. The Morgan fingerprint density at radius 3 is 2.92 bits per heavy atom.